The number of carbonyl (C=O) groups is 1. The maximum absolute atomic E-state index is 11.1. The van der Waals surface area contributed by atoms with Crippen LogP contribution in [0.25, 0.3) is 0 Å². The highest BCUT2D eigenvalue weighted by Crippen LogP contribution is 2.31. The molecule has 0 radical (unpaired) electrons. The summed E-state index contributed by atoms with van der Waals surface area (Å²) in [7, 11) is 0. The van der Waals surface area contributed by atoms with Gasteiger partial charge in [0.1, 0.15) is 6.54 Å². The van der Waals surface area contributed by atoms with E-state index in [0.29, 0.717) is 4.34 Å². The van der Waals surface area contributed by atoms with Gasteiger partial charge >= 0.3 is 5.97 Å². The first-order valence-electron chi connectivity index (χ1n) is 5.85. The summed E-state index contributed by atoms with van der Waals surface area (Å²) in [5, 5.41) is 11.0. The predicted molar refractivity (Wildman–Crippen MR) is 79.2 cm³/mol. The van der Waals surface area contributed by atoms with Gasteiger partial charge < -0.3 is 10.0 Å². The summed E-state index contributed by atoms with van der Waals surface area (Å²) in [6, 6.07) is 11.4. The molecular formula is C14H14ClNO2S. The molecule has 0 amide bonds. The van der Waals surface area contributed by atoms with Crippen LogP contribution in [0.5, 0.6) is 0 Å². The maximum Gasteiger partial charge on any atom is 0.323 e. The molecule has 1 aromatic carbocycles. The molecule has 0 aliphatic carbocycles. The van der Waals surface area contributed by atoms with Gasteiger partial charge in [0.2, 0.25) is 0 Å². The van der Waals surface area contributed by atoms with E-state index in [1.165, 1.54) is 11.3 Å². The Morgan fingerprint density at radius 2 is 2.11 bits per heavy atom. The number of aliphatic carboxylic acids is 1. The molecule has 2 rings (SSSR count). The predicted octanol–water partition coefficient (Wildman–Crippen LogP) is 4.05. The van der Waals surface area contributed by atoms with Crippen LogP contribution in [0, 0.1) is 0 Å². The summed E-state index contributed by atoms with van der Waals surface area (Å²) in [6.07, 6.45) is 0. The van der Waals surface area contributed by atoms with E-state index >= 15 is 0 Å². The summed E-state index contributed by atoms with van der Waals surface area (Å²) in [5.41, 5.74) is 1.92. The van der Waals surface area contributed by atoms with Crippen molar-refractivity contribution in [1.29, 1.82) is 0 Å². The molecule has 0 aliphatic heterocycles. The number of benzene rings is 1. The van der Waals surface area contributed by atoms with E-state index in [1.54, 1.807) is 0 Å². The van der Waals surface area contributed by atoms with Crippen LogP contribution in [-0.4, -0.2) is 17.6 Å². The molecular weight excluding hydrogens is 282 g/mol. The SMILES string of the molecule is CC(c1csc(Cl)c1)N(CC(=O)O)c1ccccc1. The zero-order valence-corrected chi connectivity index (χ0v) is 12.0. The molecule has 1 N–H and O–H groups in total. The second-order valence-electron chi connectivity index (χ2n) is 4.22. The molecule has 1 heterocycles. The normalized spacial score (nSPS) is 12.1. The van der Waals surface area contributed by atoms with E-state index in [2.05, 4.69) is 0 Å². The Morgan fingerprint density at radius 1 is 1.42 bits per heavy atom. The quantitative estimate of drug-likeness (QED) is 0.904. The Hall–Kier alpha value is -1.52. The van der Waals surface area contributed by atoms with E-state index in [4.69, 9.17) is 16.7 Å². The lowest BCUT2D eigenvalue weighted by Crippen LogP contribution is -2.32. The number of anilines is 1. The first-order valence-corrected chi connectivity index (χ1v) is 7.11. The van der Waals surface area contributed by atoms with E-state index in [1.807, 2.05) is 53.6 Å². The fourth-order valence-corrected chi connectivity index (χ4v) is 2.92. The number of carboxylic acid groups (broad SMARTS) is 1. The third-order valence-electron chi connectivity index (χ3n) is 2.93. The molecule has 19 heavy (non-hydrogen) atoms. The highest BCUT2D eigenvalue weighted by molar-refractivity contribution is 7.14. The minimum absolute atomic E-state index is 0.0396. The third-order valence-corrected chi connectivity index (χ3v) is 4.04. The minimum atomic E-state index is -0.850. The van der Waals surface area contributed by atoms with E-state index < -0.39 is 5.97 Å². The number of carboxylic acids is 1. The second-order valence-corrected chi connectivity index (χ2v) is 5.76. The van der Waals surface area contributed by atoms with Crippen LogP contribution in [0.2, 0.25) is 4.34 Å². The molecule has 1 unspecified atom stereocenters. The highest BCUT2D eigenvalue weighted by Gasteiger charge is 2.19. The van der Waals surface area contributed by atoms with Gasteiger partial charge in [-0.3, -0.25) is 4.79 Å². The van der Waals surface area contributed by atoms with E-state index in [-0.39, 0.29) is 12.6 Å². The van der Waals surface area contributed by atoms with Crippen molar-refractivity contribution in [2.75, 3.05) is 11.4 Å². The Balaban J connectivity index is 2.30. The molecule has 1 atom stereocenters. The first-order chi connectivity index (χ1) is 9.08. The monoisotopic (exact) mass is 295 g/mol. The average molecular weight is 296 g/mol. The molecule has 0 spiro atoms. The van der Waals surface area contributed by atoms with Gasteiger partial charge in [0, 0.05) is 5.69 Å². The molecule has 0 saturated heterocycles. The van der Waals surface area contributed by atoms with Crippen molar-refractivity contribution in [3.8, 4) is 0 Å². The van der Waals surface area contributed by atoms with Gasteiger partial charge in [0.15, 0.2) is 0 Å². The minimum Gasteiger partial charge on any atom is -0.480 e. The fourth-order valence-electron chi connectivity index (χ4n) is 1.94. The fraction of sp³-hybridized carbons (Fsp3) is 0.214. The number of para-hydroxylation sites is 1. The Morgan fingerprint density at radius 3 is 2.63 bits per heavy atom. The van der Waals surface area contributed by atoms with Crippen LogP contribution in [0.1, 0.15) is 18.5 Å². The number of hydrogen-bond donors (Lipinski definition) is 1. The van der Waals surface area contributed by atoms with Gasteiger partial charge in [0.25, 0.3) is 0 Å². The molecule has 0 aliphatic rings. The number of nitrogens with zero attached hydrogens (tertiary/aromatic N) is 1. The summed E-state index contributed by atoms with van der Waals surface area (Å²) in [4.78, 5) is 12.9. The second kappa shape index (κ2) is 6.08. The van der Waals surface area contributed by atoms with Crippen LogP contribution in [0.4, 0.5) is 5.69 Å². The van der Waals surface area contributed by atoms with Gasteiger partial charge in [0.05, 0.1) is 10.4 Å². The largest absolute Gasteiger partial charge is 0.480 e. The molecule has 0 bridgehead atoms. The average Bonchev–Trinajstić information content (AvgIpc) is 2.83. The number of thiophene rings is 1. The van der Waals surface area contributed by atoms with Crippen molar-refractivity contribution in [2.45, 2.75) is 13.0 Å². The molecule has 0 fully saturated rings. The van der Waals surface area contributed by atoms with Gasteiger partial charge in [-0.2, -0.15) is 0 Å². The van der Waals surface area contributed by atoms with Gasteiger partial charge in [-0.1, -0.05) is 29.8 Å². The van der Waals surface area contributed by atoms with Crippen molar-refractivity contribution >= 4 is 34.6 Å². The Bertz CT molecular complexity index is 556. The Kier molecular flexibility index (Phi) is 4.45. The highest BCUT2D eigenvalue weighted by atomic mass is 35.5. The first kappa shape index (κ1) is 13.9. The smallest absolute Gasteiger partial charge is 0.323 e. The van der Waals surface area contributed by atoms with Gasteiger partial charge in [-0.25, -0.2) is 0 Å². The lowest BCUT2D eigenvalue weighted by molar-refractivity contribution is -0.135. The summed E-state index contributed by atoms with van der Waals surface area (Å²) in [5.74, 6) is -0.850. The van der Waals surface area contributed by atoms with E-state index in [0.717, 1.165) is 11.3 Å². The lowest BCUT2D eigenvalue weighted by atomic mass is 10.1. The third kappa shape index (κ3) is 3.49. The van der Waals surface area contributed by atoms with Crippen LogP contribution in [0.3, 0.4) is 0 Å². The van der Waals surface area contributed by atoms with Crippen LogP contribution in [0.15, 0.2) is 41.8 Å². The molecule has 2 aromatic rings. The molecule has 1 aromatic heterocycles. The van der Waals surface area contributed by atoms with Crippen molar-refractivity contribution < 1.29 is 9.90 Å². The lowest BCUT2D eigenvalue weighted by Gasteiger charge is -2.29. The zero-order valence-electron chi connectivity index (χ0n) is 10.4. The molecule has 0 saturated carbocycles. The summed E-state index contributed by atoms with van der Waals surface area (Å²) >= 11 is 7.40. The maximum atomic E-state index is 11.1. The van der Waals surface area contributed by atoms with E-state index in [9.17, 15) is 4.79 Å². The number of hydrogen-bond acceptors (Lipinski definition) is 3. The summed E-state index contributed by atoms with van der Waals surface area (Å²) in [6.45, 7) is 1.94. The Labute approximate surface area is 121 Å². The molecule has 100 valence electrons. The zero-order chi connectivity index (χ0) is 13.8. The van der Waals surface area contributed by atoms with Crippen molar-refractivity contribution in [3.05, 3.63) is 51.7 Å². The summed E-state index contributed by atoms with van der Waals surface area (Å²) < 4.78 is 0.713. The van der Waals surface area contributed by atoms with Crippen LogP contribution >= 0.6 is 22.9 Å². The van der Waals surface area contributed by atoms with Crippen molar-refractivity contribution in [1.82, 2.24) is 0 Å². The standard InChI is InChI=1S/C14H14ClNO2S/c1-10(11-7-13(15)19-9-11)16(8-14(17)18)12-5-3-2-4-6-12/h2-7,9-10H,8H2,1H3,(H,17,18). The van der Waals surface area contributed by atoms with Crippen molar-refractivity contribution in [2.24, 2.45) is 0 Å². The number of rotatable bonds is 5. The van der Waals surface area contributed by atoms with Crippen molar-refractivity contribution in [3.63, 3.8) is 0 Å². The van der Waals surface area contributed by atoms with Gasteiger partial charge in [-0.15, -0.1) is 11.3 Å². The van der Waals surface area contributed by atoms with Gasteiger partial charge in [-0.05, 0) is 36.1 Å². The van der Waals surface area contributed by atoms with Crippen LogP contribution in [-0.2, 0) is 4.79 Å². The topological polar surface area (TPSA) is 40.5 Å². The molecule has 5 heteroatoms. The molecule has 3 nitrogen and oxygen atoms in total. The number of halogens is 1. The van der Waals surface area contributed by atoms with Crippen LogP contribution < -0.4 is 4.90 Å².